The van der Waals surface area contributed by atoms with Crippen LogP contribution in [0.2, 0.25) is 0 Å². The molecule has 0 bridgehead atoms. The summed E-state index contributed by atoms with van der Waals surface area (Å²) in [5.74, 6) is 1.46. The van der Waals surface area contributed by atoms with Gasteiger partial charge in [-0.2, -0.15) is 0 Å². The van der Waals surface area contributed by atoms with Gasteiger partial charge in [0.2, 0.25) is 0 Å². The molecule has 1 saturated carbocycles. The number of fused-ring (bicyclic) bond motifs is 1. The lowest BCUT2D eigenvalue weighted by molar-refractivity contribution is 0.572. The molecule has 0 spiro atoms. The third kappa shape index (κ3) is 2.64. The molecule has 4 heteroatoms. The van der Waals surface area contributed by atoms with Crippen LogP contribution in [0.1, 0.15) is 37.0 Å². The van der Waals surface area contributed by atoms with Gasteiger partial charge in [-0.05, 0) is 25.8 Å². The van der Waals surface area contributed by atoms with Crippen molar-refractivity contribution in [1.82, 2.24) is 5.32 Å². The maximum atomic E-state index is 5.97. The summed E-state index contributed by atoms with van der Waals surface area (Å²) in [6.07, 6.45) is 4.97. The van der Waals surface area contributed by atoms with Crippen molar-refractivity contribution in [3.8, 4) is 0 Å². The minimum absolute atomic E-state index is 0.501. The maximum absolute atomic E-state index is 5.97. The normalized spacial score (nSPS) is 16.9. The molecule has 20 heavy (non-hydrogen) atoms. The number of para-hydroxylation sites is 1. The van der Waals surface area contributed by atoms with Gasteiger partial charge in [0.1, 0.15) is 11.3 Å². The predicted molar refractivity (Wildman–Crippen MR) is 81.7 cm³/mol. The van der Waals surface area contributed by atoms with E-state index < -0.39 is 0 Å². The molecule has 1 fully saturated rings. The number of rotatable bonds is 3. The van der Waals surface area contributed by atoms with Crippen molar-refractivity contribution in [2.75, 3.05) is 0 Å². The van der Waals surface area contributed by atoms with Crippen molar-refractivity contribution in [2.24, 2.45) is 10.7 Å². The molecule has 1 heterocycles. The summed E-state index contributed by atoms with van der Waals surface area (Å²) in [6.45, 7) is 2.54. The molecule has 2 aromatic rings. The highest BCUT2D eigenvalue weighted by Crippen LogP contribution is 2.25. The fraction of sp³-hybridized carbons (Fsp3) is 0.438. The first kappa shape index (κ1) is 13.0. The Morgan fingerprint density at radius 3 is 2.90 bits per heavy atom. The van der Waals surface area contributed by atoms with Gasteiger partial charge in [-0.1, -0.05) is 31.0 Å². The van der Waals surface area contributed by atoms with E-state index in [1.165, 1.54) is 25.7 Å². The van der Waals surface area contributed by atoms with Gasteiger partial charge in [-0.15, -0.1) is 0 Å². The summed E-state index contributed by atoms with van der Waals surface area (Å²) < 4.78 is 5.73. The first-order chi connectivity index (χ1) is 9.74. The molecule has 0 saturated heterocycles. The summed E-state index contributed by atoms with van der Waals surface area (Å²) in [4.78, 5) is 4.46. The largest absolute Gasteiger partial charge is 0.461 e. The molecule has 3 N–H and O–H groups in total. The lowest BCUT2D eigenvalue weighted by Crippen LogP contribution is -2.38. The SMILES string of the molecule is Cc1oc2ccccc2c1CN=C(N)NC1CCCC1. The fourth-order valence-electron chi connectivity index (χ4n) is 2.91. The van der Waals surface area contributed by atoms with Crippen molar-refractivity contribution >= 4 is 16.9 Å². The number of benzene rings is 1. The average molecular weight is 271 g/mol. The highest BCUT2D eigenvalue weighted by Gasteiger charge is 2.15. The summed E-state index contributed by atoms with van der Waals surface area (Å²) >= 11 is 0. The number of aryl methyl sites for hydroxylation is 1. The Labute approximate surface area is 119 Å². The quantitative estimate of drug-likeness (QED) is 0.666. The van der Waals surface area contributed by atoms with Gasteiger partial charge in [-0.3, -0.25) is 0 Å². The third-order valence-electron chi connectivity index (χ3n) is 4.01. The van der Waals surface area contributed by atoms with Crippen LogP contribution in [-0.2, 0) is 6.54 Å². The highest BCUT2D eigenvalue weighted by atomic mass is 16.3. The maximum Gasteiger partial charge on any atom is 0.189 e. The van der Waals surface area contributed by atoms with Gasteiger partial charge in [-0.25, -0.2) is 4.99 Å². The highest BCUT2D eigenvalue weighted by molar-refractivity contribution is 5.83. The van der Waals surface area contributed by atoms with Crippen LogP contribution in [0.5, 0.6) is 0 Å². The monoisotopic (exact) mass is 271 g/mol. The molecule has 0 unspecified atom stereocenters. The summed E-state index contributed by atoms with van der Waals surface area (Å²) in [5.41, 5.74) is 8.01. The summed E-state index contributed by atoms with van der Waals surface area (Å²) in [5, 5.41) is 4.43. The Hall–Kier alpha value is -1.97. The first-order valence-electron chi connectivity index (χ1n) is 7.27. The molecule has 4 nitrogen and oxygen atoms in total. The third-order valence-corrected chi connectivity index (χ3v) is 4.01. The van der Waals surface area contributed by atoms with E-state index in [2.05, 4.69) is 16.4 Å². The van der Waals surface area contributed by atoms with Crippen molar-refractivity contribution in [3.63, 3.8) is 0 Å². The number of furan rings is 1. The van der Waals surface area contributed by atoms with Crippen LogP contribution in [0.25, 0.3) is 11.0 Å². The summed E-state index contributed by atoms with van der Waals surface area (Å²) in [7, 11) is 0. The molecule has 0 radical (unpaired) electrons. The van der Waals surface area contributed by atoms with E-state index in [9.17, 15) is 0 Å². The molecule has 0 aliphatic heterocycles. The zero-order valence-corrected chi connectivity index (χ0v) is 11.9. The molecular formula is C16H21N3O. The molecule has 0 atom stereocenters. The lowest BCUT2D eigenvalue weighted by atomic mass is 10.1. The Morgan fingerprint density at radius 1 is 1.35 bits per heavy atom. The molecule has 1 aliphatic rings. The number of nitrogens with one attached hydrogen (secondary N) is 1. The van der Waals surface area contributed by atoms with Gasteiger partial charge in [0.15, 0.2) is 5.96 Å². The van der Waals surface area contributed by atoms with E-state index in [0.29, 0.717) is 18.5 Å². The molecule has 106 valence electrons. The van der Waals surface area contributed by atoms with Gasteiger partial charge in [0, 0.05) is 17.0 Å². The van der Waals surface area contributed by atoms with Crippen LogP contribution >= 0.6 is 0 Å². The Balaban J connectivity index is 1.74. The van der Waals surface area contributed by atoms with Crippen molar-refractivity contribution < 1.29 is 4.42 Å². The molecule has 1 aliphatic carbocycles. The predicted octanol–water partition coefficient (Wildman–Crippen LogP) is 3.09. The molecule has 1 aromatic carbocycles. The van der Waals surface area contributed by atoms with Crippen molar-refractivity contribution in [1.29, 1.82) is 0 Å². The molecule has 0 amide bonds. The van der Waals surface area contributed by atoms with Crippen molar-refractivity contribution in [3.05, 3.63) is 35.6 Å². The molecule has 1 aromatic heterocycles. The van der Waals surface area contributed by atoms with Crippen molar-refractivity contribution in [2.45, 2.75) is 45.2 Å². The number of nitrogens with zero attached hydrogens (tertiary/aromatic N) is 1. The standard InChI is InChI=1S/C16H21N3O/c1-11-14(13-8-4-5-9-15(13)20-11)10-18-16(17)19-12-6-2-3-7-12/h4-5,8-9,12H,2-3,6-7,10H2,1H3,(H3,17,18,19). The number of nitrogens with two attached hydrogens (primary N) is 1. The molecule has 3 rings (SSSR count). The van der Waals surface area contributed by atoms with E-state index in [4.69, 9.17) is 10.2 Å². The number of hydrogen-bond donors (Lipinski definition) is 2. The second-order valence-electron chi connectivity index (χ2n) is 5.46. The van der Waals surface area contributed by atoms with Crippen LogP contribution in [0.3, 0.4) is 0 Å². The number of aliphatic imine (C=N–C) groups is 1. The Kier molecular flexibility index (Phi) is 3.63. The van der Waals surface area contributed by atoms with Crippen LogP contribution < -0.4 is 11.1 Å². The van der Waals surface area contributed by atoms with Gasteiger partial charge < -0.3 is 15.5 Å². The molecular weight excluding hydrogens is 250 g/mol. The minimum atomic E-state index is 0.501. The van der Waals surface area contributed by atoms with Crippen LogP contribution in [0.4, 0.5) is 0 Å². The Morgan fingerprint density at radius 2 is 2.10 bits per heavy atom. The van der Waals surface area contributed by atoms with Crippen LogP contribution in [-0.4, -0.2) is 12.0 Å². The Bertz CT molecular complexity index is 624. The topological polar surface area (TPSA) is 63.5 Å². The second kappa shape index (κ2) is 5.57. The summed E-state index contributed by atoms with van der Waals surface area (Å²) in [6, 6.07) is 8.55. The lowest BCUT2D eigenvalue weighted by Gasteiger charge is -2.12. The van der Waals surface area contributed by atoms with E-state index >= 15 is 0 Å². The van der Waals surface area contributed by atoms with Gasteiger partial charge in [0.05, 0.1) is 6.54 Å². The zero-order chi connectivity index (χ0) is 13.9. The minimum Gasteiger partial charge on any atom is -0.461 e. The van der Waals surface area contributed by atoms with Crippen LogP contribution in [0, 0.1) is 6.92 Å². The van der Waals surface area contributed by atoms with E-state index in [1.807, 2.05) is 25.1 Å². The van der Waals surface area contributed by atoms with Gasteiger partial charge >= 0.3 is 0 Å². The van der Waals surface area contributed by atoms with E-state index in [-0.39, 0.29) is 0 Å². The van der Waals surface area contributed by atoms with E-state index in [1.54, 1.807) is 0 Å². The number of hydrogen-bond acceptors (Lipinski definition) is 2. The first-order valence-corrected chi connectivity index (χ1v) is 7.27. The zero-order valence-electron chi connectivity index (χ0n) is 11.9. The smallest absolute Gasteiger partial charge is 0.189 e. The second-order valence-corrected chi connectivity index (χ2v) is 5.46. The average Bonchev–Trinajstić information content (AvgIpc) is 3.03. The number of guanidine groups is 1. The van der Waals surface area contributed by atoms with Crippen LogP contribution in [0.15, 0.2) is 33.7 Å². The van der Waals surface area contributed by atoms with Gasteiger partial charge in [0.25, 0.3) is 0 Å². The van der Waals surface area contributed by atoms with E-state index in [0.717, 1.165) is 22.3 Å². The fourth-order valence-corrected chi connectivity index (χ4v) is 2.91.